The molecule has 0 bridgehead atoms. The van der Waals surface area contributed by atoms with Crippen LogP contribution in [0.3, 0.4) is 0 Å². The van der Waals surface area contributed by atoms with Gasteiger partial charge < -0.3 is 14.7 Å². The van der Waals surface area contributed by atoms with E-state index in [4.69, 9.17) is 26.3 Å². The number of ether oxygens (including phenoxy) is 2. The van der Waals surface area contributed by atoms with Gasteiger partial charge in [0.2, 0.25) is 0 Å². The van der Waals surface area contributed by atoms with Crippen LogP contribution in [0.15, 0.2) is 47.6 Å². The highest BCUT2D eigenvalue weighted by Gasteiger charge is 2.40. The third kappa shape index (κ3) is 4.29. The summed E-state index contributed by atoms with van der Waals surface area (Å²) in [7, 11) is 1.11. The normalized spacial score (nSPS) is 14.1. The molecule has 2 aromatic rings. The summed E-state index contributed by atoms with van der Waals surface area (Å²) in [4.78, 5) is 10.6. The van der Waals surface area contributed by atoms with Crippen LogP contribution in [0.4, 0.5) is 18.9 Å². The molecule has 144 valence electrons. The molecule has 0 saturated carbocycles. The van der Waals surface area contributed by atoms with Crippen LogP contribution in [0.25, 0.3) is 0 Å². The Labute approximate surface area is 155 Å². The fraction of sp³-hybridized carbons (Fsp3) is 0.188. The quantitative estimate of drug-likeness (QED) is 0.249. The highest BCUT2D eigenvalue weighted by atomic mass is 35.5. The maximum Gasteiger partial charge on any atom is 0.416 e. The Morgan fingerprint density at radius 2 is 1.93 bits per heavy atom. The topological polar surface area (TPSA) is 94.2 Å². The molecule has 0 aliphatic heterocycles. The zero-order valence-corrected chi connectivity index (χ0v) is 14.4. The van der Waals surface area contributed by atoms with E-state index in [2.05, 4.69) is 5.16 Å². The molecule has 2 aromatic carbocycles. The smallest absolute Gasteiger partial charge is 0.416 e. The van der Waals surface area contributed by atoms with E-state index in [-0.39, 0.29) is 11.3 Å². The summed E-state index contributed by atoms with van der Waals surface area (Å²) < 4.78 is 49.1. The fourth-order valence-electron chi connectivity index (χ4n) is 2.28. The minimum atomic E-state index is -4.62. The summed E-state index contributed by atoms with van der Waals surface area (Å²) in [5, 5.41) is 22.7. The fourth-order valence-corrected chi connectivity index (χ4v) is 2.50. The van der Waals surface area contributed by atoms with Crippen molar-refractivity contribution in [3.05, 3.63) is 68.7 Å². The summed E-state index contributed by atoms with van der Waals surface area (Å²) in [6.45, 7) is 0. The van der Waals surface area contributed by atoms with Crippen LogP contribution < -0.4 is 4.74 Å². The second-order valence-corrected chi connectivity index (χ2v) is 5.54. The summed E-state index contributed by atoms with van der Waals surface area (Å²) in [5.41, 5.74) is -1.60. The van der Waals surface area contributed by atoms with E-state index in [1.807, 2.05) is 0 Å². The summed E-state index contributed by atoms with van der Waals surface area (Å²) in [6, 6.07) is 7.55. The maximum atomic E-state index is 12.8. The lowest BCUT2D eigenvalue weighted by molar-refractivity contribution is -0.387. The first-order valence-electron chi connectivity index (χ1n) is 7.18. The molecule has 0 aliphatic carbocycles. The average molecular weight is 405 g/mol. The van der Waals surface area contributed by atoms with Gasteiger partial charge in [0.1, 0.15) is 17.5 Å². The van der Waals surface area contributed by atoms with Gasteiger partial charge in [-0.15, -0.1) is 0 Å². The van der Waals surface area contributed by atoms with Gasteiger partial charge in [-0.1, -0.05) is 28.9 Å². The first-order chi connectivity index (χ1) is 12.6. The molecular formula is C16H12ClF3N2O5. The zero-order valence-electron chi connectivity index (χ0n) is 13.6. The second kappa shape index (κ2) is 7.80. The molecule has 1 unspecified atom stereocenters. The Hall–Kier alpha value is -2.85. The number of rotatable bonds is 6. The van der Waals surface area contributed by atoms with Crippen molar-refractivity contribution >= 4 is 23.5 Å². The van der Waals surface area contributed by atoms with Crippen molar-refractivity contribution in [2.24, 2.45) is 5.16 Å². The molecule has 1 atom stereocenters. The average Bonchev–Trinajstić information content (AvgIpc) is 2.62. The van der Waals surface area contributed by atoms with Crippen LogP contribution in [-0.2, 0) is 16.7 Å². The Kier molecular flexibility index (Phi) is 5.91. The number of hydrogen-bond acceptors (Lipinski definition) is 6. The van der Waals surface area contributed by atoms with Crippen molar-refractivity contribution in [2.45, 2.75) is 12.0 Å². The van der Waals surface area contributed by atoms with Gasteiger partial charge in [-0.2, -0.15) is 13.2 Å². The van der Waals surface area contributed by atoms with Gasteiger partial charge in [0.05, 0.1) is 15.5 Å². The van der Waals surface area contributed by atoms with Gasteiger partial charge in [-0.25, -0.2) is 0 Å². The number of nitro benzene ring substituents is 1. The molecule has 0 radical (unpaired) electrons. The van der Waals surface area contributed by atoms with Crippen molar-refractivity contribution < 1.29 is 32.8 Å². The van der Waals surface area contributed by atoms with Crippen LogP contribution in [-0.4, -0.2) is 23.5 Å². The molecule has 0 heterocycles. The number of oxime groups is 1. The lowest BCUT2D eigenvalue weighted by Gasteiger charge is -2.29. The lowest BCUT2D eigenvalue weighted by atomic mass is 10.0. The van der Waals surface area contributed by atoms with E-state index < -0.39 is 33.2 Å². The monoisotopic (exact) mass is 404 g/mol. The number of nitrogens with zero attached hydrogens (tertiary/aromatic N) is 2. The van der Waals surface area contributed by atoms with E-state index in [0.717, 1.165) is 25.3 Å². The van der Waals surface area contributed by atoms with Gasteiger partial charge in [0, 0.05) is 13.2 Å². The Morgan fingerprint density at radius 3 is 2.44 bits per heavy atom. The van der Waals surface area contributed by atoms with Crippen molar-refractivity contribution in [1.82, 2.24) is 0 Å². The predicted octanol–water partition coefficient (Wildman–Crippen LogP) is 4.61. The summed E-state index contributed by atoms with van der Waals surface area (Å²) in [6.07, 6.45) is -3.91. The lowest BCUT2D eigenvalue weighted by Crippen LogP contribution is -2.38. The molecule has 0 aliphatic rings. The molecule has 0 fully saturated rings. The predicted molar refractivity (Wildman–Crippen MR) is 89.1 cm³/mol. The Balaban J connectivity index is 2.58. The highest BCUT2D eigenvalue weighted by Crippen LogP contribution is 2.39. The van der Waals surface area contributed by atoms with Crippen molar-refractivity contribution in [1.29, 1.82) is 0 Å². The molecule has 1 N–H and O–H groups in total. The van der Waals surface area contributed by atoms with Crippen LogP contribution >= 0.6 is 11.6 Å². The van der Waals surface area contributed by atoms with Gasteiger partial charge in [-0.05, 0) is 24.3 Å². The molecule has 7 nitrogen and oxygen atoms in total. The third-order valence-corrected chi connectivity index (χ3v) is 3.82. The van der Waals surface area contributed by atoms with Crippen LogP contribution in [0.5, 0.6) is 5.75 Å². The van der Waals surface area contributed by atoms with Crippen LogP contribution in [0.1, 0.15) is 11.1 Å². The number of para-hydroxylation sites is 1. The largest absolute Gasteiger partial charge is 0.451 e. The third-order valence-electron chi connectivity index (χ3n) is 3.53. The zero-order chi connectivity index (χ0) is 20.2. The minimum absolute atomic E-state index is 0.161. The van der Waals surface area contributed by atoms with Crippen LogP contribution in [0, 0.1) is 10.1 Å². The molecular weight excluding hydrogens is 393 g/mol. The molecule has 0 amide bonds. The Morgan fingerprint density at radius 1 is 1.26 bits per heavy atom. The number of halogens is 4. The summed E-state index contributed by atoms with van der Waals surface area (Å²) >= 11 is 5.87. The number of hydrogen-bond donors (Lipinski definition) is 1. The van der Waals surface area contributed by atoms with Gasteiger partial charge in [-0.3, -0.25) is 10.1 Å². The van der Waals surface area contributed by atoms with E-state index >= 15 is 0 Å². The number of methoxy groups -OCH3 is 1. The standard InChI is InChI=1S/C16H12ClF3N2O5/c1-26-15(9-21-23,11-4-2-3-5-13(11)22(24)25)27-14-7-6-10(8-12(14)17)16(18,19)20/h2-9,23H,1H3. The molecule has 27 heavy (non-hydrogen) atoms. The Bertz CT molecular complexity index is 875. The molecule has 2 rings (SSSR count). The van der Waals surface area contributed by atoms with E-state index in [1.165, 1.54) is 18.2 Å². The van der Waals surface area contributed by atoms with Gasteiger partial charge >= 0.3 is 6.18 Å². The molecule has 0 saturated heterocycles. The van der Waals surface area contributed by atoms with Crippen molar-refractivity contribution in [3.63, 3.8) is 0 Å². The van der Waals surface area contributed by atoms with Crippen molar-refractivity contribution in [2.75, 3.05) is 7.11 Å². The molecule has 0 spiro atoms. The van der Waals surface area contributed by atoms with E-state index in [0.29, 0.717) is 12.3 Å². The van der Waals surface area contributed by atoms with Gasteiger partial charge in [0.15, 0.2) is 0 Å². The van der Waals surface area contributed by atoms with E-state index in [9.17, 15) is 23.3 Å². The maximum absolute atomic E-state index is 12.8. The molecule has 11 heteroatoms. The van der Waals surface area contributed by atoms with E-state index in [1.54, 1.807) is 0 Å². The number of alkyl halides is 3. The second-order valence-electron chi connectivity index (χ2n) is 5.14. The van der Waals surface area contributed by atoms with Gasteiger partial charge in [0.25, 0.3) is 11.5 Å². The highest BCUT2D eigenvalue weighted by molar-refractivity contribution is 6.32. The SMILES string of the molecule is COC(C=NO)(Oc1ccc(C(F)(F)F)cc1Cl)c1ccccc1[N+](=O)[O-]. The number of nitro groups is 1. The minimum Gasteiger partial charge on any atom is -0.451 e. The molecule has 0 aromatic heterocycles. The number of benzene rings is 2. The van der Waals surface area contributed by atoms with Crippen LogP contribution in [0.2, 0.25) is 5.02 Å². The summed E-state index contributed by atoms with van der Waals surface area (Å²) in [5.74, 6) is -2.40. The van der Waals surface area contributed by atoms with Crippen molar-refractivity contribution in [3.8, 4) is 5.75 Å². The first-order valence-corrected chi connectivity index (χ1v) is 7.56. The first kappa shape index (κ1) is 20.5.